The highest BCUT2D eigenvalue weighted by Gasteiger charge is 2.19. The summed E-state index contributed by atoms with van der Waals surface area (Å²) < 4.78 is 5.25. The highest BCUT2D eigenvalue weighted by molar-refractivity contribution is 5.97. The number of rotatable bonds is 6. The molecule has 0 atom stereocenters. The van der Waals surface area contributed by atoms with E-state index >= 15 is 0 Å². The molecule has 0 aliphatic heterocycles. The van der Waals surface area contributed by atoms with Crippen LogP contribution in [0.4, 0.5) is 10.5 Å². The van der Waals surface area contributed by atoms with Crippen LogP contribution in [-0.4, -0.2) is 30.0 Å². The van der Waals surface area contributed by atoms with Crippen molar-refractivity contribution in [3.05, 3.63) is 59.7 Å². The summed E-state index contributed by atoms with van der Waals surface area (Å²) in [6.45, 7) is 4.36. The first kappa shape index (κ1) is 18.3. The van der Waals surface area contributed by atoms with Gasteiger partial charge in [0, 0.05) is 18.2 Å². The number of nitrogens with one attached hydrogen (secondary N) is 1. The number of anilines is 1. The van der Waals surface area contributed by atoms with Crippen molar-refractivity contribution in [2.75, 3.05) is 12.4 Å². The van der Waals surface area contributed by atoms with Gasteiger partial charge in [0.25, 0.3) is 0 Å². The number of carbonyl (C=O) groups excluding carboxylic acids is 2. The Kier molecular flexibility index (Phi) is 6.00. The van der Waals surface area contributed by atoms with Crippen LogP contribution in [0, 0.1) is 0 Å². The number of primary amides is 1. The van der Waals surface area contributed by atoms with E-state index in [2.05, 4.69) is 5.32 Å². The van der Waals surface area contributed by atoms with Crippen molar-refractivity contribution >= 4 is 17.6 Å². The van der Waals surface area contributed by atoms with Crippen molar-refractivity contribution in [1.82, 2.24) is 4.90 Å². The maximum absolute atomic E-state index is 12.8. The minimum absolute atomic E-state index is 0.00877. The van der Waals surface area contributed by atoms with Gasteiger partial charge in [0.05, 0.1) is 12.8 Å². The fourth-order valence-electron chi connectivity index (χ4n) is 2.41. The van der Waals surface area contributed by atoms with Gasteiger partial charge in [0.1, 0.15) is 5.75 Å². The molecule has 132 valence electrons. The van der Waals surface area contributed by atoms with Crippen LogP contribution < -0.4 is 15.8 Å². The third-order valence-corrected chi connectivity index (χ3v) is 3.81. The zero-order chi connectivity index (χ0) is 18.4. The molecule has 3 amide bonds. The summed E-state index contributed by atoms with van der Waals surface area (Å²) in [5.41, 5.74) is 7.05. The molecule has 0 aliphatic rings. The lowest BCUT2D eigenvalue weighted by atomic mass is 10.1. The molecule has 0 saturated heterocycles. The number of amides is 3. The summed E-state index contributed by atoms with van der Waals surface area (Å²) in [4.78, 5) is 25.8. The summed E-state index contributed by atoms with van der Waals surface area (Å²) in [5.74, 6) is -0.107. The Morgan fingerprint density at radius 3 is 2.40 bits per heavy atom. The number of methoxy groups -OCH3 is 1. The highest BCUT2D eigenvalue weighted by atomic mass is 16.5. The Labute approximate surface area is 147 Å². The molecule has 0 fully saturated rings. The average Bonchev–Trinajstić information content (AvgIpc) is 2.60. The van der Waals surface area contributed by atoms with Gasteiger partial charge in [-0.1, -0.05) is 30.3 Å². The molecule has 0 bridgehead atoms. The molecular weight excluding hydrogens is 318 g/mol. The first-order valence-corrected chi connectivity index (χ1v) is 8.01. The van der Waals surface area contributed by atoms with Crippen LogP contribution in [0.3, 0.4) is 0 Å². The van der Waals surface area contributed by atoms with Crippen LogP contribution in [0.2, 0.25) is 0 Å². The van der Waals surface area contributed by atoms with E-state index in [0.29, 0.717) is 23.5 Å². The Morgan fingerprint density at radius 1 is 1.16 bits per heavy atom. The summed E-state index contributed by atoms with van der Waals surface area (Å²) in [7, 11) is 1.50. The van der Waals surface area contributed by atoms with Crippen LogP contribution in [0.5, 0.6) is 5.75 Å². The van der Waals surface area contributed by atoms with Gasteiger partial charge in [-0.25, -0.2) is 4.79 Å². The first-order chi connectivity index (χ1) is 11.9. The molecule has 0 aromatic heterocycles. The van der Waals surface area contributed by atoms with Crippen molar-refractivity contribution in [3.8, 4) is 5.75 Å². The molecule has 6 nitrogen and oxygen atoms in total. The minimum Gasteiger partial charge on any atom is -0.495 e. The molecule has 0 aliphatic carbocycles. The third-order valence-electron chi connectivity index (χ3n) is 3.81. The molecule has 2 aromatic rings. The van der Waals surface area contributed by atoms with Crippen LogP contribution in [-0.2, 0) is 6.54 Å². The lowest BCUT2D eigenvalue weighted by Gasteiger charge is -2.27. The number of hydrogen-bond donors (Lipinski definition) is 2. The second kappa shape index (κ2) is 8.19. The SMILES string of the molecule is COc1ccc(C(N)=O)cc1NC(=O)N(Cc1ccccc1)C(C)C. The number of nitrogens with zero attached hydrogens (tertiary/aromatic N) is 1. The Bertz CT molecular complexity index is 745. The van der Waals surface area contributed by atoms with Crippen LogP contribution in [0.15, 0.2) is 48.5 Å². The molecule has 2 rings (SSSR count). The maximum Gasteiger partial charge on any atom is 0.322 e. The Balaban J connectivity index is 2.23. The number of ether oxygens (including phenoxy) is 1. The fourth-order valence-corrected chi connectivity index (χ4v) is 2.41. The van der Waals surface area contributed by atoms with Gasteiger partial charge in [-0.2, -0.15) is 0 Å². The van der Waals surface area contributed by atoms with Crippen molar-refractivity contribution in [2.45, 2.75) is 26.4 Å². The van der Waals surface area contributed by atoms with Gasteiger partial charge >= 0.3 is 6.03 Å². The lowest BCUT2D eigenvalue weighted by molar-refractivity contribution is 0.1000. The summed E-state index contributed by atoms with van der Waals surface area (Å²) in [6, 6.07) is 14.1. The van der Waals surface area contributed by atoms with Crippen molar-refractivity contribution in [1.29, 1.82) is 0 Å². The largest absolute Gasteiger partial charge is 0.495 e. The number of benzene rings is 2. The molecular formula is C19H23N3O3. The van der Waals surface area contributed by atoms with Gasteiger partial charge in [0.15, 0.2) is 0 Å². The topological polar surface area (TPSA) is 84.7 Å². The summed E-state index contributed by atoms with van der Waals surface area (Å²) in [6.07, 6.45) is 0. The Hall–Kier alpha value is -3.02. The molecule has 0 saturated carbocycles. The second-order valence-corrected chi connectivity index (χ2v) is 5.92. The second-order valence-electron chi connectivity index (χ2n) is 5.92. The van der Waals surface area contributed by atoms with Crippen LogP contribution in [0.25, 0.3) is 0 Å². The summed E-state index contributed by atoms with van der Waals surface area (Å²) >= 11 is 0. The number of urea groups is 1. The first-order valence-electron chi connectivity index (χ1n) is 8.01. The van der Waals surface area contributed by atoms with Crippen LogP contribution >= 0.6 is 0 Å². The molecule has 0 unspecified atom stereocenters. The van der Waals surface area contributed by atoms with Crippen molar-refractivity contribution in [2.24, 2.45) is 5.73 Å². The summed E-state index contributed by atoms with van der Waals surface area (Å²) in [5, 5.41) is 2.81. The van der Waals surface area contributed by atoms with Crippen LogP contribution in [0.1, 0.15) is 29.8 Å². The molecule has 3 N–H and O–H groups in total. The van der Waals surface area contributed by atoms with Gasteiger partial charge in [-0.15, -0.1) is 0 Å². The monoisotopic (exact) mass is 341 g/mol. The molecule has 0 heterocycles. The quantitative estimate of drug-likeness (QED) is 0.846. The molecule has 2 aromatic carbocycles. The predicted octanol–water partition coefficient (Wildman–Crippen LogP) is 3.24. The van der Waals surface area contributed by atoms with E-state index in [0.717, 1.165) is 5.56 Å². The van der Waals surface area contributed by atoms with E-state index in [1.165, 1.54) is 13.2 Å². The normalized spacial score (nSPS) is 10.4. The zero-order valence-corrected chi connectivity index (χ0v) is 14.7. The smallest absolute Gasteiger partial charge is 0.322 e. The molecule has 0 radical (unpaired) electrons. The van der Waals surface area contributed by atoms with Gasteiger partial charge < -0.3 is 20.7 Å². The lowest BCUT2D eigenvalue weighted by Crippen LogP contribution is -2.39. The highest BCUT2D eigenvalue weighted by Crippen LogP contribution is 2.26. The number of nitrogens with two attached hydrogens (primary N) is 1. The molecule has 25 heavy (non-hydrogen) atoms. The zero-order valence-electron chi connectivity index (χ0n) is 14.7. The van der Waals surface area contributed by atoms with Gasteiger partial charge in [-0.3, -0.25) is 4.79 Å². The third kappa shape index (κ3) is 4.73. The van der Waals surface area contributed by atoms with E-state index in [9.17, 15) is 9.59 Å². The van der Waals surface area contributed by atoms with Crippen molar-refractivity contribution < 1.29 is 14.3 Å². The van der Waals surface area contributed by atoms with E-state index < -0.39 is 5.91 Å². The predicted molar refractivity (Wildman–Crippen MR) is 97.7 cm³/mol. The van der Waals surface area contributed by atoms with Gasteiger partial charge in [-0.05, 0) is 37.6 Å². The van der Waals surface area contributed by atoms with Crippen molar-refractivity contribution in [3.63, 3.8) is 0 Å². The Morgan fingerprint density at radius 2 is 1.84 bits per heavy atom. The number of hydrogen-bond acceptors (Lipinski definition) is 3. The van der Waals surface area contributed by atoms with Gasteiger partial charge in [0.2, 0.25) is 5.91 Å². The number of carbonyl (C=O) groups is 2. The molecule has 0 spiro atoms. The molecule has 6 heteroatoms. The standard InChI is InChI=1S/C19H23N3O3/c1-13(2)22(12-14-7-5-4-6-8-14)19(24)21-16-11-15(18(20)23)9-10-17(16)25-3/h4-11,13H,12H2,1-3H3,(H2,20,23)(H,21,24). The average molecular weight is 341 g/mol. The minimum atomic E-state index is -0.567. The van der Waals surface area contributed by atoms with E-state index in [1.54, 1.807) is 17.0 Å². The fraction of sp³-hybridized carbons (Fsp3) is 0.263. The maximum atomic E-state index is 12.8. The van der Waals surface area contributed by atoms with E-state index in [-0.39, 0.29) is 12.1 Å². The van der Waals surface area contributed by atoms with E-state index in [1.807, 2.05) is 44.2 Å². The van der Waals surface area contributed by atoms with E-state index in [4.69, 9.17) is 10.5 Å².